The molecule has 7 heteroatoms. The number of aromatic nitrogens is 2. The summed E-state index contributed by atoms with van der Waals surface area (Å²) in [6.07, 6.45) is 0. The summed E-state index contributed by atoms with van der Waals surface area (Å²) in [6.45, 7) is 5.54. The molecule has 0 bridgehead atoms. The Labute approximate surface area is 162 Å². The third-order valence-corrected chi connectivity index (χ3v) is 5.16. The van der Waals surface area contributed by atoms with Crippen LogP contribution in [-0.4, -0.2) is 41.3 Å². The number of nitrogens with zero attached hydrogens (tertiary/aromatic N) is 4. The third-order valence-electron chi connectivity index (χ3n) is 4.92. The molecule has 1 aliphatic heterocycles. The molecule has 4 rings (SSSR count). The minimum atomic E-state index is -0.210. The van der Waals surface area contributed by atoms with Crippen molar-refractivity contribution in [2.24, 2.45) is 0 Å². The summed E-state index contributed by atoms with van der Waals surface area (Å²) in [5, 5.41) is 9.03. The summed E-state index contributed by atoms with van der Waals surface area (Å²) >= 11 is 6.04. The quantitative estimate of drug-likeness (QED) is 0.664. The Bertz CT molecular complexity index is 906. The molecule has 5 nitrogen and oxygen atoms in total. The molecule has 0 unspecified atom stereocenters. The summed E-state index contributed by atoms with van der Waals surface area (Å²) in [4.78, 5) is 4.57. The zero-order valence-electron chi connectivity index (χ0n) is 15.0. The van der Waals surface area contributed by atoms with Gasteiger partial charge in [0.05, 0.1) is 6.04 Å². The van der Waals surface area contributed by atoms with Crippen molar-refractivity contribution in [1.82, 2.24) is 15.1 Å². The molecule has 1 atom stereocenters. The molecule has 0 radical (unpaired) electrons. The number of piperazine rings is 1. The van der Waals surface area contributed by atoms with Crippen molar-refractivity contribution in [2.75, 3.05) is 31.1 Å². The van der Waals surface area contributed by atoms with E-state index in [0.717, 1.165) is 37.4 Å². The highest BCUT2D eigenvalue weighted by Crippen LogP contribution is 2.27. The molecule has 27 heavy (non-hydrogen) atoms. The molecular weight excluding hydrogens is 367 g/mol. The molecule has 0 saturated carbocycles. The molecule has 0 N–H and O–H groups in total. The first kappa shape index (κ1) is 17.9. The predicted octanol–water partition coefficient (Wildman–Crippen LogP) is 4.41. The number of halogens is 2. The van der Waals surface area contributed by atoms with Crippen LogP contribution in [0.5, 0.6) is 0 Å². The van der Waals surface area contributed by atoms with Gasteiger partial charge in [-0.05, 0) is 49.4 Å². The molecule has 1 aliphatic rings. The number of benzene rings is 2. The molecule has 1 fully saturated rings. The topological polar surface area (TPSA) is 45.4 Å². The van der Waals surface area contributed by atoms with Crippen molar-refractivity contribution in [3.05, 3.63) is 65.3 Å². The van der Waals surface area contributed by atoms with E-state index in [9.17, 15) is 4.39 Å². The van der Waals surface area contributed by atoms with Crippen LogP contribution in [0.15, 0.2) is 52.9 Å². The molecule has 0 aliphatic carbocycles. The highest BCUT2D eigenvalue weighted by Gasteiger charge is 2.26. The van der Waals surface area contributed by atoms with Gasteiger partial charge in [0, 0.05) is 42.5 Å². The van der Waals surface area contributed by atoms with Crippen LogP contribution in [0.2, 0.25) is 5.02 Å². The van der Waals surface area contributed by atoms with Crippen LogP contribution in [0.25, 0.3) is 11.5 Å². The van der Waals surface area contributed by atoms with Crippen LogP contribution in [0, 0.1) is 5.82 Å². The number of hydrogen-bond donors (Lipinski definition) is 0. The van der Waals surface area contributed by atoms with Crippen molar-refractivity contribution in [2.45, 2.75) is 13.0 Å². The van der Waals surface area contributed by atoms with Gasteiger partial charge in [0.25, 0.3) is 0 Å². The monoisotopic (exact) mass is 386 g/mol. The van der Waals surface area contributed by atoms with Gasteiger partial charge in [0.15, 0.2) is 0 Å². The van der Waals surface area contributed by atoms with Crippen LogP contribution < -0.4 is 4.90 Å². The Kier molecular flexibility index (Phi) is 5.09. The average molecular weight is 387 g/mol. The molecule has 1 aromatic heterocycles. The van der Waals surface area contributed by atoms with E-state index in [2.05, 4.69) is 26.9 Å². The lowest BCUT2D eigenvalue weighted by atomic mass is 10.2. The second-order valence-electron chi connectivity index (χ2n) is 6.63. The minimum Gasteiger partial charge on any atom is -0.419 e. The lowest BCUT2D eigenvalue weighted by Gasteiger charge is -2.38. The highest BCUT2D eigenvalue weighted by atomic mass is 35.5. The fraction of sp³-hybridized carbons (Fsp3) is 0.300. The Morgan fingerprint density at radius 2 is 1.78 bits per heavy atom. The van der Waals surface area contributed by atoms with Crippen molar-refractivity contribution in [1.29, 1.82) is 0 Å². The van der Waals surface area contributed by atoms with Crippen molar-refractivity contribution in [3.63, 3.8) is 0 Å². The molecule has 1 saturated heterocycles. The first-order valence-electron chi connectivity index (χ1n) is 8.94. The van der Waals surface area contributed by atoms with Crippen LogP contribution >= 0.6 is 11.6 Å². The lowest BCUT2D eigenvalue weighted by molar-refractivity contribution is 0.174. The van der Waals surface area contributed by atoms with Crippen LogP contribution in [-0.2, 0) is 0 Å². The second-order valence-corrected chi connectivity index (χ2v) is 7.07. The van der Waals surface area contributed by atoms with Crippen molar-refractivity contribution < 1.29 is 8.81 Å². The van der Waals surface area contributed by atoms with E-state index in [1.807, 2.05) is 36.4 Å². The standard InChI is InChI=1S/C20H20ClFN4O/c1-14(19-23-24-20(27-19)15-3-2-4-16(21)13-15)25-9-11-26(12-10-25)18-7-5-17(22)6-8-18/h2-8,13-14H,9-12H2,1H3/t14-/m1/s1. The molecule has 0 spiro atoms. The maximum Gasteiger partial charge on any atom is 0.247 e. The Balaban J connectivity index is 1.41. The number of anilines is 1. The summed E-state index contributed by atoms with van der Waals surface area (Å²) < 4.78 is 19.0. The molecule has 0 amide bonds. The first-order chi connectivity index (χ1) is 13.1. The lowest BCUT2D eigenvalue weighted by Crippen LogP contribution is -2.47. The van der Waals surface area contributed by atoms with Crippen LogP contribution in [0.1, 0.15) is 18.9 Å². The largest absolute Gasteiger partial charge is 0.419 e. The average Bonchev–Trinajstić information content (AvgIpc) is 3.18. The molecule has 2 heterocycles. The van der Waals surface area contributed by atoms with E-state index in [1.165, 1.54) is 12.1 Å². The SMILES string of the molecule is C[C@H](c1nnc(-c2cccc(Cl)c2)o1)N1CCN(c2ccc(F)cc2)CC1. The van der Waals surface area contributed by atoms with Gasteiger partial charge in [-0.25, -0.2) is 4.39 Å². The highest BCUT2D eigenvalue weighted by molar-refractivity contribution is 6.30. The molecular formula is C20H20ClFN4O. The maximum absolute atomic E-state index is 13.1. The van der Waals surface area contributed by atoms with Gasteiger partial charge in [-0.1, -0.05) is 17.7 Å². The van der Waals surface area contributed by atoms with E-state index in [-0.39, 0.29) is 11.9 Å². The summed E-state index contributed by atoms with van der Waals surface area (Å²) in [6, 6.07) is 14.1. The summed E-state index contributed by atoms with van der Waals surface area (Å²) in [5.41, 5.74) is 1.86. The van der Waals surface area contributed by atoms with E-state index in [1.54, 1.807) is 0 Å². The first-order valence-corrected chi connectivity index (χ1v) is 9.32. The predicted molar refractivity (Wildman–Crippen MR) is 103 cm³/mol. The van der Waals surface area contributed by atoms with Crippen molar-refractivity contribution >= 4 is 17.3 Å². The van der Waals surface area contributed by atoms with Gasteiger partial charge in [0.1, 0.15) is 5.82 Å². The van der Waals surface area contributed by atoms with Crippen LogP contribution in [0.4, 0.5) is 10.1 Å². The molecule has 3 aromatic rings. The van der Waals surface area contributed by atoms with Crippen molar-refractivity contribution in [3.8, 4) is 11.5 Å². The van der Waals surface area contributed by atoms with E-state index < -0.39 is 0 Å². The van der Waals surface area contributed by atoms with E-state index in [4.69, 9.17) is 16.0 Å². The number of rotatable bonds is 4. The smallest absolute Gasteiger partial charge is 0.247 e. The maximum atomic E-state index is 13.1. The zero-order valence-corrected chi connectivity index (χ0v) is 15.7. The normalized spacial score (nSPS) is 16.5. The molecule has 2 aromatic carbocycles. The fourth-order valence-electron chi connectivity index (χ4n) is 3.32. The zero-order chi connectivity index (χ0) is 18.8. The fourth-order valence-corrected chi connectivity index (χ4v) is 3.51. The summed E-state index contributed by atoms with van der Waals surface area (Å²) in [7, 11) is 0. The van der Waals surface area contributed by atoms with E-state index in [0.29, 0.717) is 16.8 Å². The van der Waals surface area contributed by atoms with Gasteiger partial charge in [-0.2, -0.15) is 0 Å². The third kappa shape index (κ3) is 3.96. The van der Waals surface area contributed by atoms with Gasteiger partial charge >= 0.3 is 0 Å². The minimum absolute atomic E-state index is 0.0285. The van der Waals surface area contributed by atoms with Gasteiger partial charge in [0.2, 0.25) is 11.8 Å². The number of hydrogen-bond acceptors (Lipinski definition) is 5. The van der Waals surface area contributed by atoms with Crippen LogP contribution in [0.3, 0.4) is 0 Å². The van der Waals surface area contributed by atoms with Gasteiger partial charge in [-0.15, -0.1) is 10.2 Å². The Morgan fingerprint density at radius 1 is 1.04 bits per heavy atom. The molecule has 140 valence electrons. The van der Waals surface area contributed by atoms with E-state index >= 15 is 0 Å². The summed E-state index contributed by atoms with van der Waals surface area (Å²) in [5.74, 6) is 0.863. The Morgan fingerprint density at radius 3 is 2.48 bits per heavy atom. The van der Waals surface area contributed by atoms with Gasteiger partial charge in [-0.3, -0.25) is 4.90 Å². The Hall–Kier alpha value is -2.44. The van der Waals surface area contributed by atoms with Gasteiger partial charge < -0.3 is 9.32 Å². The second kappa shape index (κ2) is 7.66.